The van der Waals surface area contributed by atoms with Crippen LogP contribution in [-0.2, 0) is 6.54 Å². The van der Waals surface area contributed by atoms with Gasteiger partial charge in [-0.1, -0.05) is 32.6 Å². The van der Waals surface area contributed by atoms with Crippen molar-refractivity contribution in [1.29, 1.82) is 0 Å². The standard InChI is InChI=1S/C10H20N4/c1-2-3-4-5-6-7-11-8-10-12-9-13-14-10/h9,11H,2-8H2,1H3,(H,12,13,14). The lowest BCUT2D eigenvalue weighted by Crippen LogP contribution is -2.15. The van der Waals surface area contributed by atoms with Crippen LogP contribution in [0.25, 0.3) is 0 Å². The number of unbranched alkanes of at least 4 members (excludes halogenated alkanes) is 4. The molecule has 2 N–H and O–H groups in total. The van der Waals surface area contributed by atoms with Crippen LogP contribution in [0.3, 0.4) is 0 Å². The quantitative estimate of drug-likeness (QED) is 0.624. The van der Waals surface area contributed by atoms with Crippen molar-refractivity contribution < 1.29 is 0 Å². The topological polar surface area (TPSA) is 53.6 Å². The first-order valence-electron chi connectivity index (χ1n) is 5.48. The van der Waals surface area contributed by atoms with Gasteiger partial charge in [-0.05, 0) is 13.0 Å². The SMILES string of the molecule is CCCCCCCNCc1ncn[nH]1. The van der Waals surface area contributed by atoms with Gasteiger partial charge >= 0.3 is 0 Å². The van der Waals surface area contributed by atoms with Crippen molar-refractivity contribution >= 4 is 0 Å². The molecular formula is C10H20N4. The van der Waals surface area contributed by atoms with Crippen LogP contribution in [0.4, 0.5) is 0 Å². The highest BCUT2D eigenvalue weighted by Gasteiger charge is 1.93. The van der Waals surface area contributed by atoms with Crippen molar-refractivity contribution in [2.45, 2.75) is 45.6 Å². The molecule has 0 amide bonds. The normalized spacial score (nSPS) is 10.6. The Morgan fingerprint density at radius 3 is 2.86 bits per heavy atom. The maximum Gasteiger partial charge on any atom is 0.138 e. The second kappa shape index (κ2) is 7.50. The van der Waals surface area contributed by atoms with Crippen LogP contribution < -0.4 is 5.32 Å². The predicted octanol–water partition coefficient (Wildman–Crippen LogP) is 1.86. The molecule has 0 aromatic carbocycles. The molecule has 0 saturated carbocycles. The second-order valence-electron chi connectivity index (χ2n) is 3.52. The van der Waals surface area contributed by atoms with Crippen molar-refractivity contribution in [3.05, 3.63) is 12.2 Å². The largest absolute Gasteiger partial charge is 0.310 e. The zero-order chi connectivity index (χ0) is 10.1. The van der Waals surface area contributed by atoms with Crippen LogP contribution >= 0.6 is 0 Å². The van der Waals surface area contributed by atoms with Gasteiger partial charge in [-0.3, -0.25) is 5.10 Å². The summed E-state index contributed by atoms with van der Waals surface area (Å²) in [5.41, 5.74) is 0. The number of nitrogens with one attached hydrogen (secondary N) is 2. The average molecular weight is 196 g/mol. The van der Waals surface area contributed by atoms with Crippen molar-refractivity contribution in [3.63, 3.8) is 0 Å². The Kier molecular flexibility index (Phi) is 5.99. The molecule has 0 saturated heterocycles. The van der Waals surface area contributed by atoms with Crippen molar-refractivity contribution in [2.24, 2.45) is 0 Å². The molecule has 0 unspecified atom stereocenters. The minimum absolute atomic E-state index is 0.799. The molecule has 14 heavy (non-hydrogen) atoms. The molecule has 0 atom stereocenters. The number of aromatic nitrogens is 3. The van der Waals surface area contributed by atoms with Gasteiger partial charge in [0.25, 0.3) is 0 Å². The van der Waals surface area contributed by atoms with Crippen molar-refractivity contribution in [2.75, 3.05) is 6.54 Å². The van der Waals surface area contributed by atoms with E-state index in [1.165, 1.54) is 38.4 Å². The van der Waals surface area contributed by atoms with Gasteiger partial charge in [-0.15, -0.1) is 0 Å². The molecule has 0 bridgehead atoms. The Balaban J connectivity index is 1.85. The lowest BCUT2D eigenvalue weighted by Gasteiger charge is -2.01. The third-order valence-corrected chi connectivity index (χ3v) is 2.21. The first-order valence-corrected chi connectivity index (χ1v) is 5.48. The molecule has 4 nitrogen and oxygen atoms in total. The van der Waals surface area contributed by atoms with Gasteiger partial charge < -0.3 is 5.32 Å². The fourth-order valence-corrected chi connectivity index (χ4v) is 1.38. The summed E-state index contributed by atoms with van der Waals surface area (Å²) < 4.78 is 0. The van der Waals surface area contributed by atoms with E-state index >= 15 is 0 Å². The summed E-state index contributed by atoms with van der Waals surface area (Å²) in [4.78, 5) is 4.03. The Morgan fingerprint density at radius 2 is 2.14 bits per heavy atom. The Hall–Kier alpha value is -0.900. The van der Waals surface area contributed by atoms with Crippen molar-refractivity contribution in [1.82, 2.24) is 20.5 Å². The van der Waals surface area contributed by atoms with Crippen LogP contribution in [0.5, 0.6) is 0 Å². The minimum atomic E-state index is 0.799. The van der Waals surface area contributed by atoms with E-state index in [9.17, 15) is 0 Å². The molecule has 80 valence electrons. The number of aromatic amines is 1. The van der Waals surface area contributed by atoms with Gasteiger partial charge in [-0.25, -0.2) is 4.98 Å². The summed E-state index contributed by atoms with van der Waals surface area (Å²) in [6.07, 6.45) is 8.16. The summed E-state index contributed by atoms with van der Waals surface area (Å²) in [5.74, 6) is 0.915. The van der Waals surface area contributed by atoms with E-state index in [0.717, 1.165) is 18.9 Å². The molecule has 4 heteroatoms. The first kappa shape index (κ1) is 11.2. The highest BCUT2D eigenvalue weighted by atomic mass is 15.2. The fourth-order valence-electron chi connectivity index (χ4n) is 1.38. The van der Waals surface area contributed by atoms with E-state index in [2.05, 4.69) is 27.4 Å². The molecule has 0 radical (unpaired) electrons. The average Bonchev–Trinajstić information content (AvgIpc) is 2.69. The molecule has 1 aromatic rings. The van der Waals surface area contributed by atoms with Crippen LogP contribution in [0.1, 0.15) is 44.9 Å². The van der Waals surface area contributed by atoms with Crippen LogP contribution in [0.2, 0.25) is 0 Å². The molecule has 0 fully saturated rings. The van der Waals surface area contributed by atoms with Gasteiger partial charge in [0.15, 0.2) is 0 Å². The maximum absolute atomic E-state index is 4.03. The van der Waals surface area contributed by atoms with Gasteiger partial charge in [0.05, 0.1) is 6.54 Å². The number of hydrogen-bond acceptors (Lipinski definition) is 3. The molecule has 0 aliphatic heterocycles. The summed E-state index contributed by atoms with van der Waals surface area (Å²) >= 11 is 0. The summed E-state index contributed by atoms with van der Waals surface area (Å²) in [5, 5.41) is 9.94. The highest BCUT2D eigenvalue weighted by molar-refractivity contribution is 4.77. The molecule has 1 heterocycles. The van der Waals surface area contributed by atoms with E-state index < -0.39 is 0 Å². The third-order valence-electron chi connectivity index (χ3n) is 2.21. The maximum atomic E-state index is 4.03. The molecule has 1 aromatic heterocycles. The van der Waals surface area contributed by atoms with Gasteiger partial charge in [-0.2, -0.15) is 5.10 Å². The van der Waals surface area contributed by atoms with Gasteiger partial charge in [0.1, 0.15) is 12.2 Å². The lowest BCUT2D eigenvalue weighted by atomic mass is 10.1. The Morgan fingerprint density at radius 1 is 1.29 bits per heavy atom. The van der Waals surface area contributed by atoms with Crippen LogP contribution in [0.15, 0.2) is 6.33 Å². The summed E-state index contributed by atoms with van der Waals surface area (Å²) in [6.45, 7) is 4.11. The molecule has 0 aliphatic carbocycles. The fraction of sp³-hybridized carbons (Fsp3) is 0.800. The summed E-state index contributed by atoms with van der Waals surface area (Å²) in [7, 11) is 0. The van der Waals surface area contributed by atoms with Crippen LogP contribution in [0, 0.1) is 0 Å². The van der Waals surface area contributed by atoms with Crippen molar-refractivity contribution in [3.8, 4) is 0 Å². The predicted molar refractivity (Wildman–Crippen MR) is 56.8 cm³/mol. The Labute approximate surface area is 85.5 Å². The lowest BCUT2D eigenvalue weighted by molar-refractivity contribution is 0.576. The number of hydrogen-bond donors (Lipinski definition) is 2. The molecular weight excluding hydrogens is 176 g/mol. The first-order chi connectivity index (χ1) is 6.93. The van der Waals surface area contributed by atoms with E-state index in [1.54, 1.807) is 0 Å². The van der Waals surface area contributed by atoms with E-state index in [1.807, 2.05) is 0 Å². The van der Waals surface area contributed by atoms with Gasteiger partial charge in [0.2, 0.25) is 0 Å². The Bertz CT molecular complexity index is 208. The zero-order valence-corrected chi connectivity index (χ0v) is 8.92. The van der Waals surface area contributed by atoms with Gasteiger partial charge in [0, 0.05) is 0 Å². The molecule has 1 rings (SSSR count). The van der Waals surface area contributed by atoms with E-state index in [0.29, 0.717) is 0 Å². The monoisotopic (exact) mass is 196 g/mol. The minimum Gasteiger partial charge on any atom is -0.310 e. The highest BCUT2D eigenvalue weighted by Crippen LogP contribution is 2.01. The van der Waals surface area contributed by atoms with E-state index in [-0.39, 0.29) is 0 Å². The summed E-state index contributed by atoms with van der Waals surface area (Å²) in [6, 6.07) is 0. The van der Waals surface area contributed by atoms with Crippen LogP contribution in [-0.4, -0.2) is 21.7 Å². The third kappa shape index (κ3) is 4.97. The number of H-pyrrole nitrogens is 1. The number of nitrogens with zero attached hydrogens (tertiary/aromatic N) is 2. The second-order valence-corrected chi connectivity index (χ2v) is 3.52. The smallest absolute Gasteiger partial charge is 0.138 e. The van der Waals surface area contributed by atoms with E-state index in [4.69, 9.17) is 0 Å². The molecule has 0 spiro atoms. The molecule has 0 aliphatic rings. The number of rotatable bonds is 8. The zero-order valence-electron chi connectivity index (χ0n) is 8.92.